The van der Waals surface area contributed by atoms with Crippen molar-refractivity contribution in [2.75, 3.05) is 11.4 Å². The van der Waals surface area contributed by atoms with E-state index in [1.54, 1.807) is 17.2 Å². The van der Waals surface area contributed by atoms with Crippen molar-refractivity contribution >= 4 is 22.4 Å². The Morgan fingerprint density at radius 2 is 1.70 bits per heavy atom. The van der Waals surface area contributed by atoms with Gasteiger partial charge in [-0.3, -0.25) is 9.59 Å². The highest BCUT2D eigenvalue weighted by atomic mass is 16.2. The van der Waals surface area contributed by atoms with Gasteiger partial charge in [0, 0.05) is 23.8 Å². The predicted octanol–water partition coefficient (Wildman–Crippen LogP) is 3.05. The summed E-state index contributed by atoms with van der Waals surface area (Å²) < 4.78 is 1.47. The molecular weight excluding hydrogens is 288 g/mol. The third kappa shape index (κ3) is 3.01. The molecule has 0 radical (unpaired) electrons. The molecule has 0 unspecified atom stereocenters. The Balaban J connectivity index is 1.91. The van der Waals surface area contributed by atoms with Crippen LogP contribution in [0.1, 0.15) is 6.92 Å². The molecule has 3 rings (SSSR count). The van der Waals surface area contributed by atoms with Gasteiger partial charge >= 0.3 is 0 Å². The van der Waals surface area contributed by atoms with Gasteiger partial charge in [-0.15, -0.1) is 0 Å². The molecule has 0 aliphatic heterocycles. The van der Waals surface area contributed by atoms with Crippen molar-refractivity contribution in [3.05, 3.63) is 77.2 Å². The third-order valence-electron chi connectivity index (χ3n) is 3.88. The number of hydrogen-bond donors (Lipinski definition) is 0. The fraction of sp³-hybridized carbons (Fsp3) is 0.158. The van der Waals surface area contributed by atoms with Crippen LogP contribution in [0.3, 0.4) is 0 Å². The summed E-state index contributed by atoms with van der Waals surface area (Å²) in [6, 6.07) is 18.8. The van der Waals surface area contributed by atoms with Crippen molar-refractivity contribution in [3.8, 4) is 0 Å². The molecule has 0 spiro atoms. The lowest BCUT2D eigenvalue weighted by atomic mass is 10.2. The van der Waals surface area contributed by atoms with Crippen molar-refractivity contribution in [2.24, 2.45) is 0 Å². The Morgan fingerprint density at radius 1 is 1.00 bits per heavy atom. The standard InChI is InChI=1S/C19H18N2O2/c1-2-21(16-9-4-3-5-10-16)18(22)14-20-13-12-15-8-6-7-11-17(15)19(20)23/h3-13H,2,14H2,1H3. The van der Waals surface area contributed by atoms with Crippen molar-refractivity contribution in [1.82, 2.24) is 4.57 Å². The molecule has 4 nitrogen and oxygen atoms in total. The van der Waals surface area contributed by atoms with Crippen molar-refractivity contribution in [1.29, 1.82) is 0 Å². The SMILES string of the molecule is CCN(C(=O)Cn1ccc2ccccc2c1=O)c1ccccc1. The second kappa shape index (κ2) is 6.48. The molecule has 0 saturated heterocycles. The highest BCUT2D eigenvalue weighted by Gasteiger charge is 2.15. The first-order chi connectivity index (χ1) is 11.2. The molecule has 2 aromatic carbocycles. The minimum Gasteiger partial charge on any atom is -0.311 e. The maximum absolute atomic E-state index is 12.6. The first-order valence-corrected chi connectivity index (χ1v) is 7.64. The number of fused-ring (bicyclic) bond motifs is 1. The lowest BCUT2D eigenvalue weighted by Gasteiger charge is -2.21. The van der Waals surface area contributed by atoms with Gasteiger partial charge in [0.25, 0.3) is 5.56 Å². The van der Waals surface area contributed by atoms with Crippen LogP contribution in [0.5, 0.6) is 0 Å². The lowest BCUT2D eigenvalue weighted by Crippen LogP contribution is -2.36. The van der Waals surface area contributed by atoms with Gasteiger partial charge in [-0.1, -0.05) is 36.4 Å². The van der Waals surface area contributed by atoms with Crippen LogP contribution in [0.15, 0.2) is 71.7 Å². The first-order valence-electron chi connectivity index (χ1n) is 7.64. The van der Waals surface area contributed by atoms with Crippen molar-refractivity contribution in [3.63, 3.8) is 0 Å². The van der Waals surface area contributed by atoms with Gasteiger partial charge < -0.3 is 9.47 Å². The van der Waals surface area contributed by atoms with Crippen molar-refractivity contribution < 1.29 is 4.79 Å². The van der Waals surface area contributed by atoms with E-state index < -0.39 is 0 Å². The molecule has 0 aliphatic carbocycles. The van der Waals surface area contributed by atoms with Crippen molar-refractivity contribution in [2.45, 2.75) is 13.5 Å². The van der Waals surface area contributed by atoms with E-state index in [0.717, 1.165) is 11.1 Å². The highest BCUT2D eigenvalue weighted by Crippen LogP contribution is 2.14. The van der Waals surface area contributed by atoms with E-state index >= 15 is 0 Å². The molecule has 1 aromatic heterocycles. The molecule has 23 heavy (non-hydrogen) atoms. The average Bonchev–Trinajstić information content (AvgIpc) is 2.59. The summed E-state index contributed by atoms with van der Waals surface area (Å²) >= 11 is 0. The minimum absolute atomic E-state index is 0.0341. The predicted molar refractivity (Wildman–Crippen MR) is 92.7 cm³/mol. The molecule has 0 fully saturated rings. The quantitative estimate of drug-likeness (QED) is 0.743. The number of likely N-dealkylation sites (N-methyl/N-ethyl adjacent to an activating group) is 1. The van der Waals surface area contributed by atoms with Gasteiger partial charge in [0.15, 0.2) is 0 Å². The van der Waals surface area contributed by atoms with Gasteiger partial charge in [-0.05, 0) is 36.6 Å². The Morgan fingerprint density at radius 3 is 2.43 bits per heavy atom. The Kier molecular flexibility index (Phi) is 4.24. The van der Waals surface area contributed by atoms with Gasteiger partial charge in [0.05, 0.1) is 0 Å². The van der Waals surface area contributed by atoms with Crippen LogP contribution in [-0.4, -0.2) is 17.0 Å². The van der Waals surface area contributed by atoms with Gasteiger partial charge in [-0.25, -0.2) is 0 Å². The summed E-state index contributed by atoms with van der Waals surface area (Å²) in [5, 5.41) is 1.52. The second-order valence-electron chi connectivity index (χ2n) is 5.31. The summed E-state index contributed by atoms with van der Waals surface area (Å²) in [6.07, 6.45) is 1.68. The monoisotopic (exact) mass is 306 g/mol. The largest absolute Gasteiger partial charge is 0.311 e. The molecule has 116 valence electrons. The Bertz CT molecular complexity index is 885. The molecule has 0 saturated carbocycles. The normalized spacial score (nSPS) is 10.7. The molecule has 0 bridgehead atoms. The van der Waals surface area contributed by atoms with Gasteiger partial charge in [0.2, 0.25) is 5.91 Å². The van der Waals surface area contributed by atoms with E-state index in [-0.39, 0.29) is 18.0 Å². The van der Waals surface area contributed by atoms with Gasteiger partial charge in [-0.2, -0.15) is 0 Å². The molecular formula is C19H18N2O2. The number of rotatable bonds is 4. The maximum atomic E-state index is 12.6. The third-order valence-corrected chi connectivity index (χ3v) is 3.88. The molecule has 1 heterocycles. The molecule has 1 amide bonds. The number of aromatic nitrogens is 1. The molecule has 3 aromatic rings. The topological polar surface area (TPSA) is 42.3 Å². The highest BCUT2D eigenvalue weighted by molar-refractivity contribution is 5.93. The zero-order valence-corrected chi connectivity index (χ0v) is 13.0. The fourth-order valence-electron chi connectivity index (χ4n) is 2.70. The maximum Gasteiger partial charge on any atom is 0.258 e. The number of carbonyl (C=O) groups is 1. The fourth-order valence-corrected chi connectivity index (χ4v) is 2.70. The lowest BCUT2D eigenvalue weighted by molar-refractivity contribution is -0.119. The van der Waals surface area contributed by atoms with Crippen LogP contribution in [-0.2, 0) is 11.3 Å². The Hall–Kier alpha value is -2.88. The minimum atomic E-state index is -0.138. The van der Waals surface area contributed by atoms with E-state index in [4.69, 9.17) is 0 Å². The van der Waals surface area contributed by atoms with Crippen LogP contribution in [0.25, 0.3) is 10.8 Å². The summed E-state index contributed by atoms with van der Waals surface area (Å²) in [5.74, 6) is -0.101. The number of para-hydroxylation sites is 1. The number of amides is 1. The van der Waals surface area contributed by atoms with Crippen LogP contribution in [0, 0.1) is 0 Å². The smallest absolute Gasteiger partial charge is 0.258 e. The number of anilines is 1. The van der Waals surface area contributed by atoms with Gasteiger partial charge in [0.1, 0.15) is 6.54 Å². The van der Waals surface area contributed by atoms with Crippen LogP contribution in [0.4, 0.5) is 5.69 Å². The number of pyridine rings is 1. The zero-order chi connectivity index (χ0) is 16.2. The van der Waals surface area contributed by atoms with Crippen LogP contribution < -0.4 is 10.5 Å². The van der Waals surface area contributed by atoms with E-state index in [1.807, 2.05) is 61.5 Å². The zero-order valence-electron chi connectivity index (χ0n) is 13.0. The molecule has 4 heteroatoms. The van der Waals surface area contributed by atoms with Crippen LogP contribution >= 0.6 is 0 Å². The average molecular weight is 306 g/mol. The first kappa shape index (κ1) is 15.0. The van der Waals surface area contributed by atoms with E-state index in [9.17, 15) is 9.59 Å². The van der Waals surface area contributed by atoms with Crippen LogP contribution in [0.2, 0.25) is 0 Å². The van der Waals surface area contributed by atoms with E-state index in [1.165, 1.54) is 4.57 Å². The summed E-state index contributed by atoms with van der Waals surface area (Å²) in [7, 11) is 0. The Labute approximate surface area is 134 Å². The summed E-state index contributed by atoms with van der Waals surface area (Å²) in [4.78, 5) is 26.8. The summed E-state index contributed by atoms with van der Waals surface area (Å²) in [6.45, 7) is 2.52. The van der Waals surface area contributed by atoms with E-state index in [0.29, 0.717) is 11.9 Å². The molecule has 0 N–H and O–H groups in total. The molecule has 0 atom stereocenters. The number of hydrogen-bond acceptors (Lipinski definition) is 2. The summed E-state index contributed by atoms with van der Waals surface area (Å²) in [5.41, 5.74) is 0.703. The number of carbonyl (C=O) groups excluding carboxylic acids is 1. The molecule has 0 aliphatic rings. The number of nitrogens with zero attached hydrogens (tertiary/aromatic N) is 2. The second-order valence-corrected chi connectivity index (χ2v) is 5.31. The number of benzene rings is 2. The van der Waals surface area contributed by atoms with E-state index in [2.05, 4.69) is 0 Å².